The fourth-order valence-corrected chi connectivity index (χ4v) is 2.02. The Balaban J connectivity index is 1.87. The summed E-state index contributed by atoms with van der Waals surface area (Å²) in [6.07, 6.45) is 5.54. The summed E-state index contributed by atoms with van der Waals surface area (Å²) in [5.74, 6) is 0. The molecule has 0 bridgehead atoms. The molecule has 0 spiro atoms. The number of hydrogen-bond donors (Lipinski definition) is 0. The van der Waals surface area contributed by atoms with E-state index in [9.17, 15) is 4.79 Å². The second-order valence-electron chi connectivity index (χ2n) is 4.71. The number of likely N-dealkylation sites (N-methyl/N-ethyl adjacent to an activating group) is 1. The van der Waals surface area contributed by atoms with Gasteiger partial charge >= 0.3 is 0 Å². The van der Waals surface area contributed by atoms with E-state index in [4.69, 9.17) is 0 Å². The molecule has 0 aliphatic carbocycles. The fourth-order valence-electron chi connectivity index (χ4n) is 2.02. The molecule has 0 unspecified atom stereocenters. The molecular formula is C16H18N2O. The minimum absolute atomic E-state index is 0.736. The van der Waals surface area contributed by atoms with Crippen LogP contribution in [0.3, 0.4) is 0 Å². The van der Waals surface area contributed by atoms with Gasteiger partial charge in [0.15, 0.2) is 0 Å². The van der Waals surface area contributed by atoms with E-state index in [0.717, 1.165) is 31.4 Å². The van der Waals surface area contributed by atoms with Crippen molar-refractivity contribution in [2.24, 2.45) is 0 Å². The first-order valence-electron chi connectivity index (χ1n) is 6.39. The van der Waals surface area contributed by atoms with E-state index >= 15 is 0 Å². The minimum Gasteiger partial charge on any atom is -0.302 e. The topological polar surface area (TPSA) is 33.2 Å². The molecule has 3 heteroatoms. The largest absolute Gasteiger partial charge is 0.302 e. The zero-order chi connectivity index (χ0) is 13.5. The molecule has 19 heavy (non-hydrogen) atoms. The van der Waals surface area contributed by atoms with Gasteiger partial charge in [-0.2, -0.15) is 0 Å². The summed E-state index contributed by atoms with van der Waals surface area (Å²) >= 11 is 0. The lowest BCUT2D eigenvalue weighted by atomic mass is 10.1. The highest BCUT2D eigenvalue weighted by molar-refractivity contribution is 5.74. The predicted molar refractivity (Wildman–Crippen MR) is 76.1 cm³/mol. The average Bonchev–Trinajstić information content (AvgIpc) is 2.46. The van der Waals surface area contributed by atoms with Crippen LogP contribution in [0.5, 0.6) is 0 Å². The smallest absolute Gasteiger partial charge is 0.150 e. The van der Waals surface area contributed by atoms with Crippen molar-refractivity contribution < 1.29 is 4.79 Å². The molecule has 3 nitrogen and oxygen atoms in total. The first-order chi connectivity index (χ1) is 9.28. The van der Waals surface area contributed by atoms with Crippen molar-refractivity contribution >= 4 is 6.29 Å². The summed E-state index contributed by atoms with van der Waals surface area (Å²) in [5, 5.41) is 0. The average molecular weight is 254 g/mol. The third kappa shape index (κ3) is 4.30. The van der Waals surface area contributed by atoms with Crippen molar-refractivity contribution in [3.8, 4) is 0 Å². The number of nitrogens with zero attached hydrogens (tertiary/aromatic N) is 2. The maximum atomic E-state index is 10.7. The van der Waals surface area contributed by atoms with E-state index in [2.05, 4.69) is 23.0 Å². The maximum absolute atomic E-state index is 10.7. The molecule has 1 heterocycles. The van der Waals surface area contributed by atoms with E-state index in [1.165, 1.54) is 11.1 Å². The summed E-state index contributed by atoms with van der Waals surface area (Å²) < 4.78 is 0. The third-order valence-electron chi connectivity index (χ3n) is 3.07. The maximum Gasteiger partial charge on any atom is 0.150 e. The Labute approximate surface area is 113 Å². The van der Waals surface area contributed by atoms with E-state index in [1.54, 1.807) is 0 Å². The number of aromatic nitrogens is 1. The molecule has 0 N–H and O–H groups in total. The highest BCUT2D eigenvalue weighted by atomic mass is 16.1. The van der Waals surface area contributed by atoms with Gasteiger partial charge in [0.2, 0.25) is 0 Å². The molecule has 0 aliphatic heterocycles. The number of carbonyl (C=O) groups is 1. The highest BCUT2D eigenvalue weighted by Gasteiger charge is 2.02. The van der Waals surface area contributed by atoms with Crippen molar-refractivity contribution in [3.05, 3.63) is 65.5 Å². The Morgan fingerprint density at radius 2 is 1.95 bits per heavy atom. The second kappa shape index (κ2) is 6.81. The van der Waals surface area contributed by atoms with Crippen molar-refractivity contribution in [3.63, 3.8) is 0 Å². The first-order valence-corrected chi connectivity index (χ1v) is 6.39. The lowest BCUT2D eigenvalue weighted by molar-refractivity contribution is 0.112. The molecule has 0 amide bonds. The number of rotatable bonds is 6. The third-order valence-corrected chi connectivity index (χ3v) is 3.07. The Morgan fingerprint density at radius 1 is 1.16 bits per heavy atom. The first kappa shape index (κ1) is 13.4. The summed E-state index contributed by atoms with van der Waals surface area (Å²) in [7, 11) is 2.09. The summed E-state index contributed by atoms with van der Waals surface area (Å²) in [6, 6.07) is 11.8. The number of carbonyl (C=O) groups excluding carboxylic acids is 1. The Bertz CT molecular complexity index is 525. The number of benzene rings is 1. The van der Waals surface area contributed by atoms with Crippen LogP contribution in [-0.2, 0) is 13.0 Å². The van der Waals surface area contributed by atoms with Gasteiger partial charge in [0.25, 0.3) is 0 Å². The fraction of sp³-hybridized carbons (Fsp3) is 0.250. The van der Waals surface area contributed by atoms with E-state index < -0.39 is 0 Å². The van der Waals surface area contributed by atoms with Crippen LogP contribution in [0.2, 0.25) is 0 Å². The predicted octanol–water partition coefficient (Wildman–Crippen LogP) is 2.57. The van der Waals surface area contributed by atoms with Gasteiger partial charge in [0.05, 0.1) is 0 Å². The Morgan fingerprint density at radius 3 is 2.68 bits per heavy atom. The summed E-state index contributed by atoms with van der Waals surface area (Å²) in [6.45, 7) is 1.84. The van der Waals surface area contributed by atoms with Crippen LogP contribution in [-0.4, -0.2) is 29.8 Å². The molecule has 1 aromatic carbocycles. The van der Waals surface area contributed by atoms with Gasteiger partial charge in [-0.3, -0.25) is 9.78 Å². The monoisotopic (exact) mass is 254 g/mol. The van der Waals surface area contributed by atoms with Crippen molar-refractivity contribution in [2.75, 3.05) is 13.6 Å². The van der Waals surface area contributed by atoms with Crippen LogP contribution in [0.1, 0.15) is 21.5 Å². The summed E-state index contributed by atoms with van der Waals surface area (Å²) in [5.41, 5.74) is 3.20. The van der Waals surface area contributed by atoms with Crippen LogP contribution in [0.15, 0.2) is 48.8 Å². The lowest BCUT2D eigenvalue weighted by Gasteiger charge is -2.16. The molecular weight excluding hydrogens is 236 g/mol. The minimum atomic E-state index is 0.736. The van der Waals surface area contributed by atoms with Crippen LogP contribution >= 0.6 is 0 Å². The van der Waals surface area contributed by atoms with Crippen molar-refractivity contribution in [1.29, 1.82) is 0 Å². The SMILES string of the molecule is CN(CCc1ccncc1)Cc1cccc(C=O)c1. The van der Waals surface area contributed by atoms with Crippen molar-refractivity contribution in [1.82, 2.24) is 9.88 Å². The molecule has 1 aromatic heterocycles. The van der Waals surface area contributed by atoms with Crippen LogP contribution < -0.4 is 0 Å². The van der Waals surface area contributed by atoms with E-state index in [0.29, 0.717) is 0 Å². The van der Waals surface area contributed by atoms with Crippen LogP contribution in [0.4, 0.5) is 0 Å². The molecule has 0 aliphatic rings. The lowest BCUT2D eigenvalue weighted by Crippen LogP contribution is -2.20. The van der Waals surface area contributed by atoms with Gasteiger partial charge in [0, 0.05) is 31.0 Å². The molecule has 2 aromatic rings. The van der Waals surface area contributed by atoms with Crippen LogP contribution in [0.25, 0.3) is 0 Å². The highest BCUT2D eigenvalue weighted by Crippen LogP contribution is 2.07. The Hall–Kier alpha value is -2.00. The normalized spacial score (nSPS) is 10.6. The van der Waals surface area contributed by atoms with E-state index in [1.807, 2.05) is 42.7 Å². The number of pyridine rings is 1. The standard InChI is InChI=1S/C16H18N2O/c1-18(10-7-14-5-8-17-9-6-14)12-15-3-2-4-16(11-15)13-19/h2-6,8-9,11,13H,7,10,12H2,1H3. The van der Waals surface area contributed by atoms with Gasteiger partial charge in [-0.1, -0.05) is 18.2 Å². The van der Waals surface area contributed by atoms with Gasteiger partial charge in [0.1, 0.15) is 6.29 Å². The number of aldehydes is 1. The van der Waals surface area contributed by atoms with Gasteiger partial charge in [-0.15, -0.1) is 0 Å². The molecule has 0 saturated carbocycles. The zero-order valence-corrected chi connectivity index (χ0v) is 11.1. The summed E-state index contributed by atoms with van der Waals surface area (Å²) in [4.78, 5) is 17.0. The van der Waals surface area contributed by atoms with E-state index in [-0.39, 0.29) is 0 Å². The van der Waals surface area contributed by atoms with Crippen LogP contribution in [0, 0.1) is 0 Å². The molecule has 0 radical (unpaired) electrons. The van der Waals surface area contributed by atoms with Crippen molar-refractivity contribution in [2.45, 2.75) is 13.0 Å². The van der Waals surface area contributed by atoms with Gasteiger partial charge in [-0.25, -0.2) is 0 Å². The second-order valence-corrected chi connectivity index (χ2v) is 4.71. The molecule has 0 fully saturated rings. The molecule has 98 valence electrons. The molecule has 2 rings (SSSR count). The number of hydrogen-bond acceptors (Lipinski definition) is 3. The van der Waals surface area contributed by atoms with Gasteiger partial charge in [-0.05, 0) is 42.8 Å². The molecule has 0 saturated heterocycles. The quantitative estimate of drug-likeness (QED) is 0.743. The van der Waals surface area contributed by atoms with Gasteiger partial charge < -0.3 is 4.90 Å². The zero-order valence-electron chi connectivity index (χ0n) is 11.1. The Kier molecular flexibility index (Phi) is 4.81. The molecule has 0 atom stereocenters.